The third kappa shape index (κ3) is 10.2. The van der Waals surface area contributed by atoms with E-state index in [1.54, 1.807) is 0 Å². The standard InChI is InChI=1S/C30H57N/c1-2-5-11-17-23-28(22-16-10-4-1)31(30-26-20-14-8-9-15-21-27-30)29-24-18-12-6-3-7-13-19-25-29/h28-30H,1-27H2. The van der Waals surface area contributed by atoms with Crippen LogP contribution >= 0.6 is 0 Å². The maximum Gasteiger partial charge on any atom is 0.0101 e. The molecule has 0 N–H and O–H groups in total. The number of nitrogens with zero attached hydrogens (tertiary/aromatic N) is 1. The van der Waals surface area contributed by atoms with Crippen LogP contribution in [0.3, 0.4) is 0 Å². The van der Waals surface area contributed by atoms with E-state index in [1.165, 1.54) is 173 Å². The highest BCUT2D eigenvalue weighted by Crippen LogP contribution is 2.33. The summed E-state index contributed by atoms with van der Waals surface area (Å²) in [5.41, 5.74) is 0. The molecule has 0 unspecified atom stereocenters. The van der Waals surface area contributed by atoms with Crippen molar-refractivity contribution in [1.82, 2.24) is 4.90 Å². The third-order valence-electron chi connectivity index (χ3n) is 8.99. The van der Waals surface area contributed by atoms with Crippen molar-refractivity contribution in [2.75, 3.05) is 0 Å². The second-order valence-corrected chi connectivity index (χ2v) is 11.6. The largest absolute Gasteiger partial charge is 0.294 e. The van der Waals surface area contributed by atoms with Crippen LogP contribution in [-0.4, -0.2) is 23.0 Å². The zero-order chi connectivity index (χ0) is 21.4. The molecule has 0 aliphatic heterocycles. The Morgan fingerprint density at radius 1 is 0.226 bits per heavy atom. The molecule has 0 aromatic heterocycles. The van der Waals surface area contributed by atoms with E-state index in [0.29, 0.717) is 0 Å². The van der Waals surface area contributed by atoms with Crippen LogP contribution in [0.15, 0.2) is 0 Å². The topological polar surface area (TPSA) is 3.24 Å². The van der Waals surface area contributed by atoms with Crippen molar-refractivity contribution in [1.29, 1.82) is 0 Å². The predicted octanol–water partition coefficient (Wildman–Crippen LogP) is 9.97. The van der Waals surface area contributed by atoms with Gasteiger partial charge in [0, 0.05) is 18.1 Å². The van der Waals surface area contributed by atoms with Crippen LogP contribution in [-0.2, 0) is 0 Å². The van der Waals surface area contributed by atoms with Gasteiger partial charge in [-0.25, -0.2) is 0 Å². The van der Waals surface area contributed by atoms with Gasteiger partial charge in [0.05, 0.1) is 0 Å². The van der Waals surface area contributed by atoms with Gasteiger partial charge in [0.1, 0.15) is 0 Å². The first-order valence-corrected chi connectivity index (χ1v) is 15.2. The minimum Gasteiger partial charge on any atom is -0.294 e. The Labute approximate surface area is 196 Å². The lowest BCUT2D eigenvalue weighted by molar-refractivity contribution is 0.0412. The van der Waals surface area contributed by atoms with Crippen LogP contribution in [0, 0.1) is 0 Å². The Balaban J connectivity index is 1.75. The molecule has 0 aromatic carbocycles. The SMILES string of the molecule is C1CCCCCC(N(C2CCCCCCCCC2)C2CCCCCCCC2)CCCC1. The maximum atomic E-state index is 3.25. The number of hydrogen-bond acceptors (Lipinski definition) is 1. The Bertz CT molecular complexity index is 387. The molecule has 3 saturated carbocycles. The van der Waals surface area contributed by atoms with E-state index in [-0.39, 0.29) is 0 Å². The number of hydrogen-bond donors (Lipinski definition) is 0. The van der Waals surface area contributed by atoms with E-state index in [1.807, 2.05) is 0 Å². The smallest absolute Gasteiger partial charge is 0.0101 e. The molecular formula is C30H57N. The highest BCUT2D eigenvalue weighted by molar-refractivity contribution is 4.87. The lowest BCUT2D eigenvalue weighted by atomic mass is 9.89. The Morgan fingerprint density at radius 3 is 0.581 bits per heavy atom. The van der Waals surface area contributed by atoms with E-state index in [0.717, 1.165) is 18.1 Å². The summed E-state index contributed by atoms with van der Waals surface area (Å²) in [5.74, 6) is 0. The van der Waals surface area contributed by atoms with Crippen LogP contribution in [0.2, 0.25) is 0 Å². The molecule has 0 radical (unpaired) electrons. The summed E-state index contributed by atoms with van der Waals surface area (Å²) in [5, 5.41) is 0. The third-order valence-corrected chi connectivity index (χ3v) is 8.99. The molecule has 3 aliphatic rings. The van der Waals surface area contributed by atoms with Crippen molar-refractivity contribution in [3.63, 3.8) is 0 Å². The molecule has 0 amide bonds. The van der Waals surface area contributed by atoms with E-state index < -0.39 is 0 Å². The molecule has 1 heteroatoms. The molecule has 0 bridgehead atoms. The van der Waals surface area contributed by atoms with Gasteiger partial charge in [0.2, 0.25) is 0 Å². The van der Waals surface area contributed by atoms with Gasteiger partial charge in [-0.15, -0.1) is 0 Å². The Hall–Kier alpha value is -0.0400. The molecule has 0 atom stereocenters. The lowest BCUT2D eigenvalue weighted by Crippen LogP contribution is -2.50. The second kappa shape index (κ2) is 16.6. The summed E-state index contributed by atoms with van der Waals surface area (Å²) in [6.45, 7) is 0. The van der Waals surface area contributed by atoms with Crippen molar-refractivity contribution in [2.24, 2.45) is 0 Å². The van der Waals surface area contributed by atoms with Gasteiger partial charge in [-0.05, 0) is 38.5 Å². The first-order chi connectivity index (χ1) is 15.4. The average Bonchev–Trinajstić information content (AvgIpc) is 2.88. The van der Waals surface area contributed by atoms with Crippen molar-refractivity contribution in [3.8, 4) is 0 Å². The van der Waals surface area contributed by atoms with Crippen molar-refractivity contribution >= 4 is 0 Å². The molecule has 31 heavy (non-hydrogen) atoms. The Morgan fingerprint density at radius 2 is 0.387 bits per heavy atom. The van der Waals surface area contributed by atoms with E-state index >= 15 is 0 Å². The van der Waals surface area contributed by atoms with Crippen LogP contribution in [0.1, 0.15) is 173 Å². The fourth-order valence-electron chi connectivity index (χ4n) is 7.15. The minimum atomic E-state index is 0.900. The molecule has 182 valence electrons. The molecule has 3 fully saturated rings. The quantitative estimate of drug-likeness (QED) is 0.429. The monoisotopic (exact) mass is 431 g/mol. The lowest BCUT2D eigenvalue weighted by Gasteiger charge is -2.45. The van der Waals surface area contributed by atoms with Crippen molar-refractivity contribution < 1.29 is 0 Å². The van der Waals surface area contributed by atoms with Crippen molar-refractivity contribution in [3.05, 3.63) is 0 Å². The van der Waals surface area contributed by atoms with Gasteiger partial charge < -0.3 is 0 Å². The fourth-order valence-corrected chi connectivity index (χ4v) is 7.15. The molecule has 1 nitrogen and oxygen atoms in total. The normalized spacial score (nSPS) is 27.0. The first kappa shape index (κ1) is 25.6. The van der Waals surface area contributed by atoms with E-state index in [9.17, 15) is 0 Å². The Kier molecular flexibility index (Phi) is 13.7. The molecule has 3 aliphatic carbocycles. The molecule has 3 rings (SSSR count). The summed E-state index contributed by atoms with van der Waals surface area (Å²) in [6, 6.07) is 2.71. The second-order valence-electron chi connectivity index (χ2n) is 11.6. The van der Waals surface area contributed by atoms with Gasteiger partial charge in [-0.1, -0.05) is 135 Å². The number of rotatable bonds is 3. The van der Waals surface area contributed by atoms with Gasteiger partial charge in [0.25, 0.3) is 0 Å². The minimum absolute atomic E-state index is 0.900. The summed E-state index contributed by atoms with van der Waals surface area (Å²) < 4.78 is 0. The molecular weight excluding hydrogens is 374 g/mol. The average molecular weight is 432 g/mol. The van der Waals surface area contributed by atoms with Crippen LogP contribution in [0.25, 0.3) is 0 Å². The van der Waals surface area contributed by atoms with E-state index in [4.69, 9.17) is 0 Å². The fraction of sp³-hybridized carbons (Fsp3) is 1.00. The first-order valence-electron chi connectivity index (χ1n) is 15.2. The highest BCUT2D eigenvalue weighted by atomic mass is 15.2. The van der Waals surface area contributed by atoms with Crippen LogP contribution in [0.5, 0.6) is 0 Å². The van der Waals surface area contributed by atoms with Gasteiger partial charge in [-0.2, -0.15) is 0 Å². The molecule has 0 saturated heterocycles. The highest BCUT2D eigenvalue weighted by Gasteiger charge is 2.32. The summed E-state index contributed by atoms with van der Waals surface area (Å²) in [6.07, 6.45) is 40.5. The van der Waals surface area contributed by atoms with Crippen LogP contribution < -0.4 is 0 Å². The zero-order valence-electron chi connectivity index (χ0n) is 21.3. The van der Waals surface area contributed by atoms with E-state index in [2.05, 4.69) is 4.90 Å². The van der Waals surface area contributed by atoms with Crippen LogP contribution in [0.4, 0.5) is 0 Å². The molecule has 0 heterocycles. The molecule has 0 spiro atoms. The summed E-state index contributed by atoms with van der Waals surface area (Å²) >= 11 is 0. The zero-order valence-corrected chi connectivity index (χ0v) is 21.3. The maximum absolute atomic E-state index is 3.25. The van der Waals surface area contributed by atoms with Gasteiger partial charge in [0.15, 0.2) is 0 Å². The predicted molar refractivity (Wildman–Crippen MR) is 138 cm³/mol. The van der Waals surface area contributed by atoms with Gasteiger partial charge in [-0.3, -0.25) is 4.90 Å². The van der Waals surface area contributed by atoms with Gasteiger partial charge >= 0.3 is 0 Å². The summed E-state index contributed by atoms with van der Waals surface area (Å²) in [4.78, 5) is 3.25. The van der Waals surface area contributed by atoms with Crippen molar-refractivity contribution in [2.45, 2.75) is 191 Å². The summed E-state index contributed by atoms with van der Waals surface area (Å²) in [7, 11) is 0. The molecule has 0 aromatic rings.